The van der Waals surface area contributed by atoms with Crippen LogP contribution < -0.4 is 5.73 Å². The smallest absolute Gasteiger partial charge is 0.0912 e. The predicted octanol–water partition coefficient (Wildman–Crippen LogP) is 3.46. The molecule has 1 aromatic rings. The second-order valence-corrected chi connectivity index (χ2v) is 4.02. The summed E-state index contributed by atoms with van der Waals surface area (Å²) in [5.74, 6) is 0. The lowest BCUT2D eigenvalue weighted by Crippen LogP contribution is -2.10. The van der Waals surface area contributed by atoms with Gasteiger partial charge >= 0.3 is 0 Å². The second-order valence-electron chi connectivity index (χ2n) is 2.76. The number of halogens is 3. The summed E-state index contributed by atoms with van der Waals surface area (Å²) in [6.45, 7) is -0.401. The Hall–Kier alpha value is -0.120. The summed E-state index contributed by atoms with van der Waals surface area (Å²) in [7, 11) is 0. The summed E-state index contributed by atoms with van der Waals surface area (Å²) >= 11 is 9.08. The van der Waals surface area contributed by atoms with Crippen molar-refractivity contribution in [1.82, 2.24) is 0 Å². The molecule has 0 amide bonds. The van der Waals surface area contributed by atoms with E-state index in [-0.39, 0.29) is 6.04 Å². The highest BCUT2D eigenvalue weighted by molar-refractivity contribution is 9.10. The van der Waals surface area contributed by atoms with E-state index in [9.17, 15) is 4.39 Å². The van der Waals surface area contributed by atoms with Crippen LogP contribution in [-0.2, 0) is 0 Å². The van der Waals surface area contributed by atoms with Crippen LogP contribution in [0, 0.1) is 0 Å². The van der Waals surface area contributed by atoms with E-state index in [2.05, 4.69) is 15.9 Å². The van der Waals surface area contributed by atoms with Gasteiger partial charge in [0.15, 0.2) is 0 Å². The van der Waals surface area contributed by atoms with Crippen LogP contribution in [0.25, 0.3) is 0 Å². The van der Waals surface area contributed by atoms with Gasteiger partial charge in [0.1, 0.15) is 0 Å². The molecule has 4 heteroatoms. The van der Waals surface area contributed by atoms with Crippen LogP contribution in [0.1, 0.15) is 18.0 Å². The number of hydrogen-bond acceptors (Lipinski definition) is 1. The van der Waals surface area contributed by atoms with Gasteiger partial charge < -0.3 is 5.73 Å². The molecule has 0 unspecified atom stereocenters. The van der Waals surface area contributed by atoms with Crippen LogP contribution >= 0.6 is 27.5 Å². The van der Waals surface area contributed by atoms with Crippen LogP contribution in [0.3, 0.4) is 0 Å². The zero-order valence-electron chi connectivity index (χ0n) is 6.93. The summed E-state index contributed by atoms with van der Waals surface area (Å²) in [4.78, 5) is 0. The molecule has 0 saturated carbocycles. The fourth-order valence-electron chi connectivity index (χ4n) is 1.03. The first-order chi connectivity index (χ1) is 6.15. The van der Waals surface area contributed by atoms with Gasteiger partial charge in [0, 0.05) is 10.5 Å². The standard InChI is InChI=1S/C9H10BrClFN/c10-7-5-6(1-2-8(7)11)9(13)3-4-12/h1-2,5,9H,3-4,13H2/t9-/m0/s1. The fourth-order valence-corrected chi connectivity index (χ4v) is 1.54. The normalized spacial score (nSPS) is 12.9. The lowest BCUT2D eigenvalue weighted by atomic mass is 10.1. The molecule has 0 spiro atoms. The van der Waals surface area contributed by atoms with Crippen molar-refractivity contribution in [2.75, 3.05) is 6.67 Å². The summed E-state index contributed by atoms with van der Waals surface area (Å²) in [5, 5.41) is 0.635. The van der Waals surface area contributed by atoms with Gasteiger partial charge in [0.05, 0.1) is 11.7 Å². The van der Waals surface area contributed by atoms with E-state index >= 15 is 0 Å². The van der Waals surface area contributed by atoms with Crippen LogP contribution in [0.15, 0.2) is 22.7 Å². The van der Waals surface area contributed by atoms with E-state index in [4.69, 9.17) is 17.3 Å². The molecule has 0 saturated heterocycles. The molecule has 1 nitrogen and oxygen atoms in total. The Bertz CT molecular complexity index is 293. The first kappa shape index (κ1) is 11.0. The Balaban J connectivity index is 2.84. The number of rotatable bonds is 3. The Labute approximate surface area is 90.2 Å². The van der Waals surface area contributed by atoms with Crippen molar-refractivity contribution < 1.29 is 4.39 Å². The average molecular weight is 267 g/mol. The van der Waals surface area contributed by atoms with Crippen LogP contribution in [-0.4, -0.2) is 6.67 Å². The molecule has 1 aromatic carbocycles. The minimum Gasteiger partial charge on any atom is -0.324 e. The van der Waals surface area contributed by atoms with Crippen molar-refractivity contribution >= 4 is 27.5 Å². The summed E-state index contributed by atoms with van der Waals surface area (Å²) in [5.41, 5.74) is 6.62. The second kappa shape index (κ2) is 4.94. The van der Waals surface area contributed by atoms with Gasteiger partial charge in [-0.3, -0.25) is 4.39 Å². The fraction of sp³-hybridized carbons (Fsp3) is 0.333. The topological polar surface area (TPSA) is 26.0 Å². The Morgan fingerprint density at radius 3 is 2.77 bits per heavy atom. The third-order valence-electron chi connectivity index (χ3n) is 1.79. The summed E-state index contributed by atoms with van der Waals surface area (Å²) < 4.78 is 12.8. The highest BCUT2D eigenvalue weighted by Gasteiger charge is 2.07. The van der Waals surface area contributed by atoms with Gasteiger partial charge in [-0.1, -0.05) is 17.7 Å². The van der Waals surface area contributed by atoms with Crippen LogP contribution in [0.5, 0.6) is 0 Å². The third-order valence-corrected chi connectivity index (χ3v) is 3.01. The van der Waals surface area contributed by atoms with E-state index in [1.165, 1.54) is 0 Å². The lowest BCUT2D eigenvalue weighted by Gasteiger charge is -2.10. The Kier molecular flexibility index (Phi) is 4.16. The molecular formula is C9H10BrClFN. The lowest BCUT2D eigenvalue weighted by molar-refractivity contribution is 0.442. The van der Waals surface area contributed by atoms with Gasteiger partial charge in [-0.05, 0) is 40.0 Å². The van der Waals surface area contributed by atoms with Gasteiger partial charge in [-0.15, -0.1) is 0 Å². The maximum atomic E-state index is 12.0. The molecule has 0 radical (unpaired) electrons. The zero-order valence-corrected chi connectivity index (χ0v) is 9.28. The van der Waals surface area contributed by atoms with Crippen molar-refractivity contribution in [2.45, 2.75) is 12.5 Å². The minimum absolute atomic E-state index is 0.251. The van der Waals surface area contributed by atoms with E-state index < -0.39 is 6.67 Å². The molecule has 1 rings (SSSR count). The molecule has 13 heavy (non-hydrogen) atoms. The highest BCUT2D eigenvalue weighted by atomic mass is 79.9. The molecule has 0 aliphatic rings. The highest BCUT2D eigenvalue weighted by Crippen LogP contribution is 2.26. The number of alkyl halides is 1. The molecular weight excluding hydrogens is 256 g/mol. The molecule has 0 aromatic heterocycles. The first-order valence-electron chi connectivity index (χ1n) is 3.91. The summed E-state index contributed by atoms with van der Waals surface area (Å²) in [6, 6.07) is 5.13. The maximum Gasteiger partial charge on any atom is 0.0912 e. The molecule has 1 atom stereocenters. The van der Waals surface area contributed by atoms with Crippen molar-refractivity contribution in [3.05, 3.63) is 33.3 Å². The molecule has 0 fully saturated rings. The Morgan fingerprint density at radius 1 is 1.54 bits per heavy atom. The summed E-state index contributed by atoms with van der Waals surface area (Å²) in [6.07, 6.45) is 0.341. The Morgan fingerprint density at radius 2 is 2.23 bits per heavy atom. The molecule has 0 heterocycles. The molecule has 0 aliphatic carbocycles. The minimum atomic E-state index is -0.401. The van der Waals surface area contributed by atoms with Gasteiger partial charge in [-0.2, -0.15) is 0 Å². The largest absolute Gasteiger partial charge is 0.324 e. The number of benzene rings is 1. The maximum absolute atomic E-state index is 12.0. The molecule has 0 aliphatic heterocycles. The van der Waals surface area contributed by atoms with Gasteiger partial charge in [-0.25, -0.2) is 0 Å². The van der Waals surface area contributed by atoms with E-state index in [0.29, 0.717) is 11.4 Å². The van der Waals surface area contributed by atoms with Crippen LogP contribution in [0.4, 0.5) is 4.39 Å². The molecule has 2 N–H and O–H groups in total. The van der Waals surface area contributed by atoms with E-state index in [0.717, 1.165) is 10.0 Å². The molecule has 0 bridgehead atoms. The predicted molar refractivity (Wildman–Crippen MR) is 56.7 cm³/mol. The molecule has 72 valence electrons. The van der Waals surface area contributed by atoms with Crippen molar-refractivity contribution in [1.29, 1.82) is 0 Å². The first-order valence-corrected chi connectivity index (χ1v) is 5.08. The zero-order chi connectivity index (χ0) is 9.84. The number of hydrogen-bond donors (Lipinski definition) is 1. The van der Waals surface area contributed by atoms with Gasteiger partial charge in [0.25, 0.3) is 0 Å². The SMILES string of the molecule is N[C@@H](CCF)c1ccc(Cl)c(Br)c1. The van der Waals surface area contributed by atoms with Crippen LogP contribution in [0.2, 0.25) is 5.02 Å². The number of nitrogens with two attached hydrogens (primary N) is 1. The van der Waals surface area contributed by atoms with Gasteiger partial charge in [0.2, 0.25) is 0 Å². The third kappa shape index (κ3) is 2.93. The monoisotopic (exact) mass is 265 g/mol. The average Bonchev–Trinajstić information content (AvgIpc) is 2.10. The van der Waals surface area contributed by atoms with Crippen molar-refractivity contribution in [3.8, 4) is 0 Å². The van der Waals surface area contributed by atoms with E-state index in [1.807, 2.05) is 12.1 Å². The van der Waals surface area contributed by atoms with E-state index in [1.54, 1.807) is 6.07 Å². The van der Waals surface area contributed by atoms with Crippen molar-refractivity contribution in [2.24, 2.45) is 5.73 Å². The quantitative estimate of drug-likeness (QED) is 0.891. The van der Waals surface area contributed by atoms with Crippen molar-refractivity contribution in [3.63, 3.8) is 0 Å².